The van der Waals surface area contributed by atoms with Crippen LogP contribution in [0, 0.1) is 0 Å². The predicted octanol–water partition coefficient (Wildman–Crippen LogP) is 3.15. The number of amides is 1. The van der Waals surface area contributed by atoms with Crippen LogP contribution in [0.25, 0.3) is 0 Å². The fourth-order valence-corrected chi connectivity index (χ4v) is 2.22. The number of nitrogens with zero attached hydrogens (tertiary/aromatic N) is 1. The van der Waals surface area contributed by atoms with Crippen LogP contribution in [0.4, 0.5) is 4.79 Å². The quantitative estimate of drug-likeness (QED) is 0.761. The first kappa shape index (κ1) is 15.0. The second-order valence-corrected chi connectivity index (χ2v) is 5.86. The number of hydrogen-bond acceptors (Lipinski definition) is 3. The van der Waals surface area contributed by atoms with E-state index >= 15 is 0 Å². The molecule has 1 aliphatic rings. The molecule has 0 aromatic rings. The van der Waals surface area contributed by atoms with Crippen LogP contribution >= 0.6 is 0 Å². The Balaban J connectivity index is 2.79. The Hall–Kier alpha value is -1.06. The summed E-state index contributed by atoms with van der Waals surface area (Å²) >= 11 is 0. The number of carbonyl (C=O) groups excluding carboxylic acids is 2. The summed E-state index contributed by atoms with van der Waals surface area (Å²) in [7, 11) is 0. The minimum Gasteiger partial charge on any atom is -0.444 e. The van der Waals surface area contributed by atoms with Crippen LogP contribution in [-0.4, -0.2) is 35.0 Å². The molecule has 18 heavy (non-hydrogen) atoms. The highest BCUT2D eigenvalue weighted by Gasteiger charge is 2.32. The van der Waals surface area contributed by atoms with Gasteiger partial charge in [0.2, 0.25) is 0 Å². The van der Waals surface area contributed by atoms with Crippen molar-refractivity contribution in [1.82, 2.24) is 4.90 Å². The van der Waals surface area contributed by atoms with Gasteiger partial charge >= 0.3 is 6.09 Å². The molecule has 0 aliphatic carbocycles. The van der Waals surface area contributed by atoms with Crippen LogP contribution in [-0.2, 0) is 9.53 Å². The van der Waals surface area contributed by atoms with Crippen molar-refractivity contribution in [2.75, 3.05) is 6.54 Å². The molecule has 4 nitrogen and oxygen atoms in total. The van der Waals surface area contributed by atoms with Gasteiger partial charge in [0, 0.05) is 13.0 Å². The Bertz CT molecular complexity index is 307. The highest BCUT2D eigenvalue weighted by Crippen LogP contribution is 2.21. The van der Waals surface area contributed by atoms with Gasteiger partial charge in [-0.25, -0.2) is 4.79 Å². The lowest BCUT2D eigenvalue weighted by molar-refractivity contribution is -0.124. The van der Waals surface area contributed by atoms with E-state index in [2.05, 4.69) is 0 Å². The van der Waals surface area contributed by atoms with Gasteiger partial charge in [0.15, 0.2) is 5.78 Å². The van der Waals surface area contributed by atoms with Crippen molar-refractivity contribution in [3.05, 3.63) is 0 Å². The molecule has 1 atom stereocenters. The number of ether oxygens (including phenoxy) is 1. The van der Waals surface area contributed by atoms with Crippen molar-refractivity contribution in [2.45, 2.75) is 71.4 Å². The smallest absolute Gasteiger partial charge is 0.410 e. The van der Waals surface area contributed by atoms with Gasteiger partial charge in [-0.3, -0.25) is 9.69 Å². The van der Waals surface area contributed by atoms with E-state index in [9.17, 15) is 9.59 Å². The van der Waals surface area contributed by atoms with E-state index in [0.717, 1.165) is 25.7 Å². The van der Waals surface area contributed by atoms with Crippen molar-refractivity contribution < 1.29 is 14.3 Å². The summed E-state index contributed by atoms with van der Waals surface area (Å²) in [5, 5.41) is 0. The zero-order valence-corrected chi connectivity index (χ0v) is 12.0. The van der Waals surface area contributed by atoms with Gasteiger partial charge in [-0.1, -0.05) is 19.8 Å². The van der Waals surface area contributed by atoms with Gasteiger partial charge < -0.3 is 4.74 Å². The molecule has 1 saturated heterocycles. The van der Waals surface area contributed by atoms with E-state index in [1.807, 2.05) is 27.7 Å². The molecule has 0 bridgehead atoms. The molecule has 1 heterocycles. The molecule has 0 saturated carbocycles. The topological polar surface area (TPSA) is 46.6 Å². The minimum atomic E-state index is -0.511. The monoisotopic (exact) mass is 255 g/mol. The van der Waals surface area contributed by atoms with Crippen molar-refractivity contribution in [3.8, 4) is 0 Å². The SMILES string of the molecule is CCC(=O)C1CCCCCN1C(=O)OC(C)(C)C. The molecule has 0 aromatic heterocycles. The molecule has 0 N–H and O–H groups in total. The van der Waals surface area contributed by atoms with Crippen molar-refractivity contribution >= 4 is 11.9 Å². The average Bonchev–Trinajstić information content (AvgIpc) is 2.50. The number of carbonyl (C=O) groups is 2. The first-order chi connectivity index (χ1) is 8.35. The average molecular weight is 255 g/mol. The third kappa shape index (κ3) is 4.31. The maximum atomic E-state index is 12.1. The Labute approximate surface area is 110 Å². The van der Waals surface area contributed by atoms with Crippen LogP contribution in [0.1, 0.15) is 59.8 Å². The van der Waals surface area contributed by atoms with Gasteiger partial charge in [0.25, 0.3) is 0 Å². The van der Waals surface area contributed by atoms with E-state index < -0.39 is 5.60 Å². The zero-order chi connectivity index (χ0) is 13.8. The van der Waals surface area contributed by atoms with Crippen LogP contribution in [0.15, 0.2) is 0 Å². The van der Waals surface area contributed by atoms with Crippen LogP contribution < -0.4 is 0 Å². The van der Waals surface area contributed by atoms with Crippen molar-refractivity contribution in [3.63, 3.8) is 0 Å². The molecular formula is C14H25NO3. The molecular weight excluding hydrogens is 230 g/mol. The van der Waals surface area contributed by atoms with Gasteiger partial charge in [-0.15, -0.1) is 0 Å². The summed E-state index contributed by atoms with van der Waals surface area (Å²) in [5.41, 5.74) is -0.511. The number of Topliss-reactive ketones (excluding diaryl/α,β-unsaturated/α-hetero) is 1. The Kier molecular flexibility index (Phi) is 5.17. The lowest BCUT2D eigenvalue weighted by atomic mass is 10.0. The molecule has 104 valence electrons. The Morgan fingerprint density at radius 2 is 1.89 bits per heavy atom. The van der Waals surface area contributed by atoms with E-state index in [1.54, 1.807) is 4.90 Å². The zero-order valence-electron chi connectivity index (χ0n) is 12.0. The van der Waals surface area contributed by atoms with Crippen LogP contribution in [0.3, 0.4) is 0 Å². The van der Waals surface area contributed by atoms with Gasteiger partial charge in [-0.2, -0.15) is 0 Å². The molecule has 0 spiro atoms. The van der Waals surface area contributed by atoms with Gasteiger partial charge in [0.1, 0.15) is 5.60 Å². The maximum absolute atomic E-state index is 12.1. The first-order valence-corrected chi connectivity index (χ1v) is 6.87. The van der Waals surface area contributed by atoms with Crippen molar-refractivity contribution in [2.24, 2.45) is 0 Å². The Morgan fingerprint density at radius 3 is 2.44 bits per heavy atom. The summed E-state index contributed by atoms with van der Waals surface area (Å²) in [4.78, 5) is 25.7. The molecule has 1 aliphatic heterocycles. The second kappa shape index (κ2) is 6.21. The molecule has 0 aromatic carbocycles. The highest BCUT2D eigenvalue weighted by atomic mass is 16.6. The van der Waals surface area contributed by atoms with Crippen molar-refractivity contribution in [1.29, 1.82) is 0 Å². The van der Waals surface area contributed by atoms with Gasteiger partial charge in [0.05, 0.1) is 6.04 Å². The summed E-state index contributed by atoms with van der Waals surface area (Å²) in [6, 6.07) is -0.285. The van der Waals surface area contributed by atoms with E-state index in [-0.39, 0.29) is 17.9 Å². The first-order valence-electron chi connectivity index (χ1n) is 6.87. The Morgan fingerprint density at radius 1 is 1.22 bits per heavy atom. The second-order valence-electron chi connectivity index (χ2n) is 5.86. The maximum Gasteiger partial charge on any atom is 0.410 e. The lowest BCUT2D eigenvalue weighted by Gasteiger charge is -2.31. The summed E-state index contributed by atoms with van der Waals surface area (Å²) < 4.78 is 5.39. The standard InChI is InChI=1S/C14H25NO3/c1-5-12(16)11-9-7-6-8-10-15(11)13(17)18-14(2,3)4/h11H,5-10H2,1-4H3. The molecule has 0 radical (unpaired) electrons. The largest absolute Gasteiger partial charge is 0.444 e. The van der Waals surface area contributed by atoms with Gasteiger partial charge in [-0.05, 0) is 33.6 Å². The molecule has 1 unspecified atom stereocenters. The van der Waals surface area contributed by atoms with E-state index in [4.69, 9.17) is 4.74 Å². The van der Waals surface area contributed by atoms with Crippen LogP contribution in [0.5, 0.6) is 0 Å². The number of ketones is 1. The number of likely N-dealkylation sites (tertiary alicyclic amines) is 1. The molecule has 1 fully saturated rings. The highest BCUT2D eigenvalue weighted by molar-refractivity contribution is 5.87. The van der Waals surface area contributed by atoms with Crippen LogP contribution in [0.2, 0.25) is 0 Å². The summed E-state index contributed by atoms with van der Waals surface area (Å²) in [6.07, 6.45) is 3.93. The molecule has 4 heteroatoms. The third-order valence-corrected chi connectivity index (χ3v) is 3.10. The number of rotatable bonds is 2. The summed E-state index contributed by atoms with van der Waals surface area (Å²) in [6.45, 7) is 8.02. The lowest BCUT2D eigenvalue weighted by Crippen LogP contribution is -2.46. The van der Waals surface area contributed by atoms with E-state index in [1.165, 1.54) is 0 Å². The molecule has 1 rings (SSSR count). The third-order valence-electron chi connectivity index (χ3n) is 3.10. The minimum absolute atomic E-state index is 0.141. The summed E-state index contributed by atoms with van der Waals surface area (Å²) in [5.74, 6) is 0.141. The molecule has 1 amide bonds. The fourth-order valence-electron chi connectivity index (χ4n) is 2.22. The fraction of sp³-hybridized carbons (Fsp3) is 0.857. The number of hydrogen-bond donors (Lipinski definition) is 0. The predicted molar refractivity (Wildman–Crippen MR) is 70.5 cm³/mol. The van der Waals surface area contributed by atoms with E-state index in [0.29, 0.717) is 13.0 Å². The normalized spacial score (nSPS) is 21.3.